The number of amides is 1. The maximum absolute atomic E-state index is 12.0. The van der Waals surface area contributed by atoms with Gasteiger partial charge in [-0.3, -0.25) is 4.79 Å². The molecule has 0 aliphatic carbocycles. The lowest BCUT2D eigenvalue weighted by Gasteiger charge is -2.42. The van der Waals surface area contributed by atoms with Gasteiger partial charge in [-0.15, -0.1) is 0 Å². The molecule has 5 nitrogen and oxygen atoms in total. The van der Waals surface area contributed by atoms with Gasteiger partial charge in [0.05, 0.1) is 0 Å². The first-order valence-corrected chi connectivity index (χ1v) is 7.72. The molecule has 0 radical (unpaired) electrons. The second kappa shape index (κ2) is 6.43. The van der Waals surface area contributed by atoms with E-state index in [0.29, 0.717) is 12.6 Å². The minimum Gasteiger partial charge on any atom is -0.352 e. The number of piperazine rings is 1. The summed E-state index contributed by atoms with van der Waals surface area (Å²) in [5, 5.41) is 6.36. The van der Waals surface area contributed by atoms with Gasteiger partial charge < -0.3 is 15.5 Å². The fourth-order valence-electron chi connectivity index (χ4n) is 2.59. The van der Waals surface area contributed by atoms with Crippen molar-refractivity contribution in [1.82, 2.24) is 15.6 Å². The molecule has 116 valence electrons. The van der Waals surface area contributed by atoms with Gasteiger partial charge >= 0.3 is 0 Å². The van der Waals surface area contributed by atoms with E-state index >= 15 is 0 Å². The topological polar surface area (TPSA) is 57.3 Å². The van der Waals surface area contributed by atoms with E-state index in [1.807, 2.05) is 26.1 Å². The molecule has 2 heterocycles. The lowest BCUT2D eigenvalue weighted by atomic mass is 9.99. The van der Waals surface area contributed by atoms with E-state index in [0.717, 1.165) is 25.3 Å². The van der Waals surface area contributed by atoms with E-state index < -0.39 is 5.54 Å². The first-order chi connectivity index (χ1) is 9.96. The molecule has 1 atom stereocenters. The zero-order valence-electron chi connectivity index (χ0n) is 13.4. The Morgan fingerprint density at radius 1 is 1.48 bits per heavy atom. The van der Waals surface area contributed by atoms with Gasteiger partial charge in [0, 0.05) is 25.3 Å². The standard InChI is InChI=1S/C16H26N4O/c1-5-8-17-12(2)13-6-7-14(19-11-13)20-10-9-18-15(21)16(20,3)4/h6-7,11-12,17H,5,8-10H2,1-4H3,(H,18,21). The van der Waals surface area contributed by atoms with Crippen LogP contribution in [0, 0.1) is 0 Å². The number of pyridine rings is 1. The van der Waals surface area contributed by atoms with Crippen LogP contribution in [-0.4, -0.2) is 36.1 Å². The maximum Gasteiger partial charge on any atom is 0.245 e. The Bertz CT molecular complexity index is 484. The first kappa shape index (κ1) is 15.8. The predicted molar refractivity (Wildman–Crippen MR) is 85.4 cm³/mol. The molecule has 1 aliphatic heterocycles. The number of aromatic nitrogens is 1. The van der Waals surface area contributed by atoms with Crippen molar-refractivity contribution in [3.63, 3.8) is 0 Å². The highest BCUT2D eigenvalue weighted by molar-refractivity contribution is 5.90. The van der Waals surface area contributed by atoms with Gasteiger partial charge in [-0.25, -0.2) is 4.98 Å². The molecule has 1 saturated heterocycles. The first-order valence-electron chi connectivity index (χ1n) is 7.72. The molecule has 1 unspecified atom stereocenters. The van der Waals surface area contributed by atoms with E-state index in [4.69, 9.17) is 0 Å². The zero-order valence-corrected chi connectivity index (χ0v) is 13.4. The quantitative estimate of drug-likeness (QED) is 0.869. The molecule has 0 spiro atoms. The van der Waals surface area contributed by atoms with Crippen molar-refractivity contribution < 1.29 is 4.79 Å². The molecular weight excluding hydrogens is 264 g/mol. The molecule has 0 saturated carbocycles. The van der Waals surface area contributed by atoms with Crippen molar-refractivity contribution in [3.8, 4) is 0 Å². The third-order valence-corrected chi connectivity index (χ3v) is 4.10. The summed E-state index contributed by atoms with van der Waals surface area (Å²) in [6, 6.07) is 4.40. The van der Waals surface area contributed by atoms with Crippen molar-refractivity contribution in [1.29, 1.82) is 0 Å². The van der Waals surface area contributed by atoms with Crippen LogP contribution in [0.4, 0.5) is 5.82 Å². The molecule has 5 heteroatoms. The van der Waals surface area contributed by atoms with Crippen molar-refractivity contribution in [3.05, 3.63) is 23.9 Å². The summed E-state index contributed by atoms with van der Waals surface area (Å²) in [5.41, 5.74) is 0.616. The van der Waals surface area contributed by atoms with Gasteiger partial charge in [0.15, 0.2) is 0 Å². The zero-order chi connectivity index (χ0) is 15.5. The van der Waals surface area contributed by atoms with E-state index in [9.17, 15) is 4.79 Å². The van der Waals surface area contributed by atoms with Gasteiger partial charge in [0.25, 0.3) is 0 Å². The normalized spacial score (nSPS) is 19.2. The van der Waals surface area contributed by atoms with Crippen LogP contribution in [0.15, 0.2) is 18.3 Å². The summed E-state index contributed by atoms with van der Waals surface area (Å²) in [5.74, 6) is 0.916. The molecule has 0 aromatic carbocycles. The molecule has 1 aromatic rings. The molecule has 21 heavy (non-hydrogen) atoms. The third kappa shape index (κ3) is 3.35. The van der Waals surface area contributed by atoms with Gasteiger partial charge in [0.2, 0.25) is 5.91 Å². The number of carbonyl (C=O) groups excluding carboxylic acids is 1. The van der Waals surface area contributed by atoms with Gasteiger partial charge in [-0.1, -0.05) is 13.0 Å². The Hall–Kier alpha value is -1.62. The monoisotopic (exact) mass is 290 g/mol. The molecule has 2 N–H and O–H groups in total. The fourth-order valence-corrected chi connectivity index (χ4v) is 2.59. The van der Waals surface area contributed by atoms with Crippen LogP contribution in [0.3, 0.4) is 0 Å². The van der Waals surface area contributed by atoms with Crippen LogP contribution in [0.1, 0.15) is 45.7 Å². The Kier molecular flexibility index (Phi) is 4.83. The lowest BCUT2D eigenvalue weighted by Crippen LogP contribution is -2.62. The molecule has 1 amide bonds. The van der Waals surface area contributed by atoms with Crippen LogP contribution in [-0.2, 0) is 4.79 Å². The van der Waals surface area contributed by atoms with Crippen LogP contribution in [0.2, 0.25) is 0 Å². The molecule has 2 rings (SSSR count). The summed E-state index contributed by atoms with van der Waals surface area (Å²) in [6.45, 7) is 10.6. The van der Waals surface area contributed by atoms with E-state index in [-0.39, 0.29) is 5.91 Å². The Morgan fingerprint density at radius 3 is 2.86 bits per heavy atom. The highest BCUT2D eigenvalue weighted by Crippen LogP contribution is 2.25. The Morgan fingerprint density at radius 2 is 2.24 bits per heavy atom. The van der Waals surface area contributed by atoms with Gasteiger partial charge in [-0.05, 0) is 45.4 Å². The number of nitrogens with zero attached hydrogens (tertiary/aromatic N) is 2. The van der Waals surface area contributed by atoms with Gasteiger partial charge in [0.1, 0.15) is 11.4 Å². The predicted octanol–water partition coefficient (Wildman–Crippen LogP) is 1.86. The molecule has 1 aliphatic rings. The van der Waals surface area contributed by atoms with Crippen LogP contribution in [0.25, 0.3) is 0 Å². The molecule has 1 aromatic heterocycles. The van der Waals surface area contributed by atoms with Gasteiger partial charge in [-0.2, -0.15) is 0 Å². The minimum atomic E-state index is -0.557. The minimum absolute atomic E-state index is 0.0533. The molecular formula is C16H26N4O. The average Bonchev–Trinajstić information content (AvgIpc) is 2.48. The molecule has 1 fully saturated rings. The largest absolute Gasteiger partial charge is 0.352 e. The smallest absolute Gasteiger partial charge is 0.245 e. The SMILES string of the molecule is CCCNC(C)c1ccc(N2CCNC(=O)C2(C)C)nc1. The summed E-state index contributed by atoms with van der Waals surface area (Å²) in [6.07, 6.45) is 3.03. The summed E-state index contributed by atoms with van der Waals surface area (Å²) < 4.78 is 0. The molecule has 0 bridgehead atoms. The van der Waals surface area contributed by atoms with Crippen molar-refractivity contribution in [2.45, 2.75) is 45.7 Å². The summed E-state index contributed by atoms with van der Waals surface area (Å²) >= 11 is 0. The number of nitrogens with one attached hydrogen (secondary N) is 2. The van der Waals surface area contributed by atoms with E-state index in [2.05, 4.69) is 40.4 Å². The number of rotatable bonds is 5. The van der Waals surface area contributed by atoms with E-state index in [1.54, 1.807) is 0 Å². The fraction of sp³-hybridized carbons (Fsp3) is 0.625. The second-order valence-corrected chi connectivity index (χ2v) is 6.09. The highest BCUT2D eigenvalue weighted by atomic mass is 16.2. The van der Waals surface area contributed by atoms with Crippen LogP contribution >= 0.6 is 0 Å². The van der Waals surface area contributed by atoms with E-state index in [1.165, 1.54) is 5.56 Å². The van der Waals surface area contributed by atoms with Crippen molar-refractivity contribution in [2.24, 2.45) is 0 Å². The Labute approximate surface area is 127 Å². The lowest BCUT2D eigenvalue weighted by molar-refractivity contribution is -0.126. The number of hydrogen-bond donors (Lipinski definition) is 2. The third-order valence-electron chi connectivity index (χ3n) is 4.10. The van der Waals surface area contributed by atoms with Crippen LogP contribution < -0.4 is 15.5 Å². The average molecular weight is 290 g/mol. The van der Waals surface area contributed by atoms with Crippen LogP contribution in [0.5, 0.6) is 0 Å². The second-order valence-electron chi connectivity index (χ2n) is 6.09. The maximum atomic E-state index is 12.0. The Balaban J connectivity index is 2.13. The highest BCUT2D eigenvalue weighted by Gasteiger charge is 2.38. The summed E-state index contributed by atoms with van der Waals surface area (Å²) in [4.78, 5) is 18.6. The number of hydrogen-bond acceptors (Lipinski definition) is 4. The van der Waals surface area contributed by atoms with Crippen molar-refractivity contribution >= 4 is 11.7 Å². The van der Waals surface area contributed by atoms with Crippen molar-refractivity contribution in [2.75, 3.05) is 24.5 Å². The number of anilines is 1. The summed E-state index contributed by atoms with van der Waals surface area (Å²) in [7, 11) is 0. The number of carbonyl (C=O) groups is 1.